The van der Waals surface area contributed by atoms with Crippen molar-refractivity contribution in [2.24, 2.45) is 5.92 Å². The zero-order valence-corrected chi connectivity index (χ0v) is 17.9. The van der Waals surface area contributed by atoms with E-state index in [0.717, 1.165) is 44.6 Å². The maximum Gasteiger partial charge on any atom is 0.226 e. The number of nitrogens with one attached hydrogen (secondary N) is 1. The Labute approximate surface area is 178 Å². The van der Waals surface area contributed by atoms with E-state index in [1.54, 1.807) is 12.1 Å². The lowest BCUT2D eigenvalue weighted by Crippen LogP contribution is -2.33. The van der Waals surface area contributed by atoms with Crippen LogP contribution in [0.2, 0.25) is 0 Å². The summed E-state index contributed by atoms with van der Waals surface area (Å²) in [7, 11) is 0. The third-order valence-electron chi connectivity index (χ3n) is 5.78. The lowest BCUT2D eigenvalue weighted by molar-refractivity contribution is -0.118. The molecule has 30 heavy (non-hydrogen) atoms. The van der Waals surface area contributed by atoms with E-state index in [1.807, 2.05) is 26.0 Å². The molecule has 3 rings (SSSR count). The Kier molecular flexibility index (Phi) is 7.75. The van der Waals surface area contributed by atoms with Gasteiger partial charge < -0.3 is 10.2 Å². The average molecular weight is 411 g/mol. The predicted molar refractivity (Wildman–Crippen MR) is 118 cm³/mol. The van der Waals surface area contributed by atoms with Crippen molar-refractivity contribution in [1.82, 2.24) is 4.90 Å². The van der Waals surface area contributed by atoms with Gasteiger partial charge in [-0.05, 0) is 86.8 Å². The number of benzene rings is 2. The van der Waals surface area contributed by atoms with Crippen molar-refractivity contribution in [3.8, 4) is 0 Å². The smallest absolute Gasteiger partial charge is 0.226 e. The first-order valence-electron chi connectivity index (χ1n) is 10.8. The number of likely N-dealkylation sites (tertiary alicyclic amines) is 1. The molecule has 1 saturated heterocycles. The van der Waals surface area contributed by atoms with E-state index in [2.05, 4.69) is 22.3 Å². The Balaban J connectivity index is 1.43. The molecule has 0 spiro atoms. The molecule has 0 bridgehead atoms. The highest BCUT2D eigenvalue weighted by Gasteiger charge is 2.21. The van der Waals surface area contributed by atoms with Gasteiger partial charge in [0, 0.05) is 23.6 Å². The van der Waals surface area contributed by atoms with Gasteiger partial charge in [-0.15, -0.1) is 0 Å². The number of piperidine rings is 1. The second kappa shape index (κ2) is 10.5. The molecule has 1 aliphatic rings. The number of rotatable bonds is 8. The molecule has 1 N–H and O–H groups in total. The molecule has 5 heteroatoms. The van der Waals surface area contributed by atoms with Crippen LogP contribution < -0.4 is 5.32 Å². The second-order valence-electron chi connectivity index (χ2n) is 8.42. The highest BCUT2D eigenvalue weighted by atomic mass is 19.1. The fourth-order valence-corrected chi connectivity index (χ4v) is 3.89. The summed E-state index contributed by atoms with van der Waals surface area (Å²) in [4.78, 5) is 26.6. The molecule has 2 aromatic rings. The lowest BCUT2D eigenvalue weighted by Gasteiger charge is -2.32. The van der Waals surface area contributed by atoms with Crippen LogP contribution in [0, 0.1) is 11.7 Å². The number of anilines is 1. The van der Waals surface area contributed by atoms with Crippen LogP contribution in [0.3, 0.4) is 0 Å². The van der Waals surface area contributed by atoms with Crippen LogP contribution in [0.5, 0.6) is 0 Å². The van der Waals surface area contributed by atoms with Crippen molar-refractivity contribution >= 4 is 17.4 Å². The number of hydrogen-bond acceptors (Lipinski definition) is 3. The van der Waals surface area contributed by atoms with Gasteiger partial charge in [0.15, 0.2) is 5.78 Å². The largest absolute Gasteiger partial charge is 0.326 e. The van der Waals surface area contributed by atoms with Gasteiger partial charge in [0.25, 0.3) is 0 Å². The molecular formula is C25H31FN2O2. The SMILES string of the molecule is CC(C)C(=O)Nc1cccc(C2CCN(CCCC(=O)c3ccc(F)cc3)CC2)c1. The minimum absolute atomic E-state index is 0.0353. The summed E-state index contributed by atoms with van der Waals surface area (Å²) in [6, 6.07) is 14.0. The summed E-state index contributed by atoms with van der Waals surface area (Å²) in [6.07, 6.45) is 3.46. The fourth-order valence-electron chi connectivity index (χ4n) is 3.89. The van der Waals surface area contributed by atoms with Crippen LogP contribution in [-0.2, 0) is 4.79 Å². The molecule has 0 radical (unpaired) electrons. The first kappa shape index (κ1) is 22.2. The van der Waals surface area contributed by atoms with E-state index in [4.69, 9.17) is 0 Å². The van der Waals surface area contributed by atoms with Crippen molar-refractivity contribution in [3.63, 3.8) is 0 Å². The molecule has 2 aromatic carbocycles. The van der Waals surface area contributed by atoms with E-state index in [9.17, 15) is 14.0 Å². The van der Waals surface area contributed by atoms with Crippen LogP contribution >= 0.6 is 0 Å². The highest BCUT2D eigenvalue weighted by molar-refractivity contribution is 5.96. The highest BCUT2D eigenvalue weighted by Crippen LogP contribution is 2.29. The molecule has 1 amide bonds. The van der Waals surface area contributed by atoms with E-state index < -0.39 is 0 Å². The Morgan fingerprint density at radius 3 is 2.47 bits per heavy atom. The van der Waals surface area contributed by atoms with Gasteiger partial charge in [-0.2, -0.15) is 0 Å². The minimum Gasteiger partial charge on any atom is -0.326 e. The number of nitrogens with zero attached hydrogens (tertiary/aromatic N) is 1. The molecule has 0 unspecified atom stereocenters. The van der Waals surface area contributed by atoms with E-state index in [0.29, 0.717) is 17.9 Å². The van der Waals surface area contributed by atoms with Gasteiger partial charge in [0.1, 0.15) is 5.82 Å². The number of ketones is 1. The molecule has 0 aliphatic carbocycles. The van der Waals surface area contributed by atoms with Crippen LogP contribution in [0.4, 0.5) is 10.1 Å². The molecule has 1 aliphatic heterocycles. The first-order chi connectivity index (χ1) is 14.4. The maximum atomic E-state index is 13.0. The third-order valence-corrected chi connectivity index (χ3v) is 5.78. The van der Waals surface area contributed by atoms with Crippen LogP contribution in [0.25, 0.3) is 0 Å². The van der Waals surface area contributed by atoms with Crippen LogP contribution in [0.15, 0.2) is 48.5 Å². The van der Waals surface area contributed by atoms with Gasteiger partial charge in [-0.25, -0.2) is 4.39 Å². The Hall–Kier alpha value is -2.53. The zero-order valence-electron chi connectivity index (χ0n) is 17.9. The zero-order chi connectivity index (χ0) is 21.5. The molecule has 1 heterocycles. The second-order valence-corrected chi connectivity index (χ2v) is 8.42. The molecule has 1 fully saturated rings. The van der Waals surface area contributed by atoms with Crippen molar-refractivity contribution in [2.75, 3.05) is 25.0 Å². The summed E-state index contributed by atoms with van der Waals surface area (Å²) in [5, 5.41) is 2.98. The van der Waals surface area contributed by atoms with Gasteiger partial charge in [0.2, 0.25) is 5.91 Å². The summed E-state index contributed by atoms with van der Waals surface area (Å²) in [6.45, 7) is 6.71. The number of amides is 1. The van der Waals surface area contributed by atoms with Crippen LogP contribution in [-0.4, -0.2) is 36.2 Å². The normalized spacial score (nSPS) is 15.3. The number of hydrogen-bond donors (Lipinski definition) is 1. The Morgan fingerprint density at radius 2 is 1.80 bits per heavy atom. The summed E-state index contributed by atoms with van der Waals surface area (Å²) < 4.78 is 13.0. The van der Waals surface area contributed by atoms with Crippen molar-refractivity contribution in [3.05, 3.63) is 65.5 Å². The number of carbonyl (C=O) groups excluding carboxylic acids is 2. The molecule has 160 valence electrons. The molecule has 0 atom stereocenters. The number of halogens is 1. The third kappa shape index (κ3) is 6.23. The predicted octanol–water partition coefficient (Wildman–Crippen LogP) is 5.26. The van der Waals surface area contributed by atoms with Crippen molar-refractivity contribution in [1.29, 1.82) is 0 Å². The minimum atomic E-state index is -0.317. The quantitative estimate of drug-likeness (QED) is 0.604. The molecule has 4 nitrogen and oxygen atoms in total. The number of carbonyl (C=O) groups is 2. The Bertz CT molecular complexity index is 856. The van der Waals surface area contributed by atoms with E-state index in [-0.39, 0.29) is 23.4 Å². The molecular weight excluding hydrogens is 379 g/mol. The Morgan fingerprint density at radius 1 is 1.10 bits per heavy atom. The van der Waals surface area contributed by atoms with Crippen molar-refractivity contribution < 1.29 is 14.0 Å². The summed E-state index contributed by atoms with van der Waals surface area (Å²) in [5.41, 5.74) is 2.73. The summed E-state index contributed by atoms with van der Waals surface area (Å²) >= 11 is 0. The number of Topliss-reactive ketones (excluding diaryl/α,β-unsaturated/α-hetero) is 1. The fraction of sp³-hybridized carbons (Fsp3) is 0.440. The van der Waals surface area contributed by atoms with E-state index in [1.165, 1.54) is 17.7 Å². The van der Waals surface area contributed by atoms with Gasteiger partial charge in [0.05, 0.1) is 0 Å². The monoisotopic (exact) mass is 410 g/mol. The van der Waals surface area contributed by atoms with Crippen LogP contribution in [0.1, 0.15) is 61.4 Å². The maximum absolute atomic E-state index is 13.0. The topological polar surface area (TPSA) is 49.4 Å². The molecule has 0 aromatic heterocycles. The lowest BCUT2D eigenvalue weighted by atomic mass is 9.89. The van der Waals surface area contributed by atoms with Gasteiger partial charge in [-0.1, -0.05) is 26.0 Å². The first-order valence-corrected chi connectivity index (χ1v) is 10.8. The average Bonchev–Trinajstić information content (AvgIpc) is 2.75. The van der Waals surface area contributed by atoms with E-state index >= 15 is 0 Å². The van der Waals surface area contributed by atoms with Crippen molar-refractivity contribution in [2.45, 2.75) is 45.4 Å². The standard InChI is InChI=1S/C25H31FN2O2/c1-18(2)25(30)27-23-6-3-5-21(17-23)19-12-15-28(16-13-19)14-4-7-24(29)20-8-10-22(26)11-9-20/h3,5-6,8-11,17-19H,4,7,12-16H2,1-2H3,(H,27,30). The van der Waals surface area contributed by atoms with Gasteiger partial charge >= 0.3 is 0 Å². The van der Waals surface area contributed by atoms with Gasteiger partial charge in [-0.3, -0.25) is 9.59 Å². The summed E-state index contributed by atoms with van der Waals surface area (Å²) in [5.74, 6) is 0.259. The molecule has 0 saturated carbocycles.